The molecule has 3 heterocycles. The summed E-state index contributed by atoms with van der Waals surface area (Å²) < 4.78 is 39.5. The van der Waals surface area contributed by atoms with Gasteiger partial charge in [-0.3, -0.25) is 10.00 Å². The van der Waals surface area contributed by atoms with Gasteiger partial charge in [-0.25, -0.2) is 13.1 Å². The summed E-state index contributed by atoms with van der Waals surface area (Å²) in [7, 11) is -3.66. The molecule has 2 N–H and O–H groups in total. The summed E-state index contributed by atoms with van der Waals surface area (Å²) in [6, 6.07) is 5.78. The smallest absolute Gasteiger partial charge is 0.244 e. The lowest BCUT2D eigenvalue weighted by molar-refractivity contribution is 0.164. The quantitative estimate of drug-likeness (QED) is 0.764. The van der Waals surface area contributed by atoms with Gasteiger partial charge in [-0.05, 0) is 57.5 Å². The highest BCUT2D eigenvalue weighted by Crippen LogP contribution is 2.36. The number of rotatable bonds is 6. The minimum absolute atomic E-state index is 0.0721. The molecule has 1 fully saturated rings. The number of ether oxygens (including phenoxy) is 2. The molecule has 8 nitrogen and oxygen atoms in total. The van der Waals surface area contributed by atoms with Gasteiger partial charge in [0.25, 0.3) is 0 Å². The molecule has 28 heavy (non-hydrogen) atoms. The van der Waals surface area contributed by atoms with Crippen molar-refractivity contribution in [2.24, 2.45) is 0 Å². The SMILES string of the molecule is Cc1n[nH]c(C)c1S(=O)(=O)NCC(c1ccc2c(c1)OCO2)N1CCCCC1. The van der Waals surface area contributed by atoms with Crippen molar-refractivity contribution in [1.82, 2.24) is 19.8 Å². The molecule has 1 aromatic carbocycles. The average molecular weight is 407 g/mol. The zero-order chi connectivity index (χ0) is 19.7. The Bertz CT molecular complexity index is 931. The number of sulfonamides is 1. The van der Waals surface area contributed by atoms with E-state index in [0.29, 0.717) is 17.1 Å². The first kappa shape index (κ1) is 19.2. The minimum Gasteiger partial charge on any atom is -0.454 e. The maximum Gasteiger partial charge on any atom is 0.244 e. The van der Waals surface area contributed by atoms with E-state index in [1.165, 1.54) is 6.42 Å². The van der Waals surface area contributed by atoms with Crippen LogP contribution in [0, 0.1) is 13.8 Å². The van der Waals surface area contributed by atoms with E-state index in [1.807, 2.05) is 18.2 Å². The summed E-state index contributed by atoms with van der Waals surface area (Å²) in [6.45, 7) is 5.81. The Kier molecular flexibility index (Phi) is 5.31. The zero-order valence-corrected chi connectivity index (χ0v) is 17.0. The maximum absolute atomic E-state index is 12.9. The number of nitrogens with zero attached hydrogens (tertiary/aromatic N) is 2. The van der Waals surface area contributed by atoms with Gasteiger partial charge in [0.1, 0.15) is 4.90 Å². The molecule has 1 atom stereocenters. The number of aromatic nitrogens is 2. The van der Waals surface area contributed by atoms with E-state index in [4.69, 9.17) is 9.47 Å². The predicted octanol–water partition coefficient (Wildman–Crippen LogP) is 2.26. The monoisotopic (exact) mass is 406 g/mol. The van der Waals surface area contributed by atoms with E-state index in [1.54, 1.807) is 13.8 Å². The van der Waals surface area contributed by atoms with Gasteiger partial charge in [0, 0.05) is 12.6 Å². The van der Waals surface area contributed by atoms with Gasteiger partial charge in [0.2, 0.25) is 16.8 Å². The van der Waals surface area contributed by atoms with Gasteiger partial charge in [0.15, 0.2) is 11.5 Å². The number of aryl methyl sites for hydroxylation is 2. The zero-order valence-electron chi connectivity index (χ0n) is 16.2. The van der Waals surface area contributed by atoms with E-state index in [0.717, 1.165) is 37.2 Å². The first-order valence-electron chi connectivity index (χ1n) is 9.60. The Balaban J connectivity index is 1.59. The van der Waals surface area contributed by atoms with Crippen LogP contribution >= 0.6 is 0 Å². The van der Waals surface area contributed by atoms with Crippen molar-refractivity contribution in [3.63, 3.8) is 0 Å². The molecular weight excluding hydrogens is 380 g/mol. The number of likely N-dealkylation sites (tertiary alicyclic amines) is 1. The second kappa shape index (κ2) is 7.73. The number of fused-ring (bicyclic) bond motifs is 1. The highest BCUT2D eigenvalue weighted by Gasteiger charge is 2.28. The number of H-pyrrole nitrogens is 1. The standard InChI is InChI=1S/C19H26N4O4S/c1-13-19(14(2)22-21-13)28(24,25)20-11-16(23-8-4-3-5-9-23)15-6-7-17-18(10-15)27-12-26-17/h6-7,10,16,20H,3-5,8-9,11-12H2,1-2H3,(H,21,22). The van der Waals surface area contributed by atoms with Crippen molar-refractivity contribution < 1.29 is 17.9 Å². The second-order valence-electron chi connectivity index (χ2n) is 7.34. The molecule has 1 saturated heterocycles. The van der Waals surface area contributed by atoms with E-state index in [-0.39, 0.29) is 24.3 Å². The lowest BCUT2D eigenvalue weighted by atomic mass is 10.0. The van der Waals surface area contributed by atoms with Gasteiger partial charge in [-0.1, -0.05) is 12.5 Å². The summed E-state index contributed by atoms with van der Waals surface area (Å²) in [5.41, 5.74) is 2.04. The van der Waals surface area contributed by atoms with Crippen LogP contribution in [0.5, 0.6) is 11.5 Å². The Hall–Kier alpha value is -2.10. The van der Waals surface area contributed by atoms with Crippen LogP contribution in [-0.2, 0) is 10.0 Å². The van der Waals surface area contributed by atoms with Gasteiger partial charge >= 0.3 is 0 Å². The van der Waals surface area contributed by atoms with Crippen molar-refractivity contribution in [2.75, 3.05) is 26.4 Å². The molecule has 2 aliphatic heterocycles. The molecule has 1 unspecified atom stereocenters. The average Bonchev–Trinajstić information content (AvgIpc) is 3.28. The number of nitrogens with one attached hydrogen (secondary N) is 2. The fourth-order valence-electron chi connectivity index (χ4n) is 4.01. The van der Waals surface area contributed by atoms with Crippen molar-refractivity contribution in [1.29, 1.82) is 0 Å². The van der Waals surface area contributed by atoms with Gasteiger partial charge < -0.3 is 9.47 Å². The number of hydrogen-bond acceptors (Lipinski definition) is 6. The highest BCUT2D eigenvalue weighted by molar-refractivity contribution is 7.89. The number of aromatic amines is 1. The van der Waals surface area contributed by atoms with Crippen LogP contribution in [0.2, 0.25) is 0 Å². The van der Waals surface area contributed by atoms with Crippen molar-refractivity contribution in [2.45, 2.75) is 44.0 Å². The molecule has 4 rings (SSSR count). The fraction of sp³-hybridized carbons (Fsp3) is 0.526. The Morgan fingerprint density at radius 2 is 1.93 bits per heavy atom. The number of hydrogen-bond donors (Lipinski definition) is 2. The van der Waals surface area contributed by atoms with Crippen LogP contribution in [-0.4, -0.2) is 49.9 Å². The third kappa shape index (κ3) is 3.74. The van der Waals surface area contributed by atoms with Crippen LogP contribution in [0.3, 0.4) is 0 Å². The molecule has 0 spiro atoms. The molecule has 0 aliphatic carbocycles. The van der Waals surface area contributed by atoms with Crippen molar-refractivity contribution in [3.8, 4) is 11.5 Å². The molecule has 2 aromatic rings. The van der Waals surface area contributed by atoms with Crippen LogP contribution in [0.15, 0.2) is 23.1 Å². The normalized spacial score (nSPS) is 18.4. The predicted molar refractivity (Wildman–Crippen MR) is 104 cm³/mol. The summed E-state index contributed by atoms with van der Waals surface area (Å²) in [6.07, 6.45) is 3.45. The molecule has 9 heteroatoms. The van der Waals surface area contributed by atoms with Gasteiger partial charge in [-0.15, -0.1) is 0 Å². The lowest BCUT2D eigenvalue weighted by Crippen LogP contribution is -2.40. The third-order valence-corrected chi connectivity index (χ3v) is 7.09. The molecule has 0 radical (unpaired) electrons. The summed E-state index contributed by atoms with van der Waals surface area (Å²) >= 11 is 0. The van der Waals surface area contributed by atoms with Crippen LogP contribution < -0.4 is 14.2 Å². The fourth-order valence-corrected chi connectivity index (χ4v) is 5.41. The summed E-state index contributed by atoms with van der Waals surface area (Å²) in [5.74, 6) is 1.44. The largest absolute Gasteiger partial charge is 0.454 e. The topological polar surface area (TPSA) is 96.5 Å². The molecule has 1 aromatic heterocycles. The summed E-state index contributed by atoms with van der Waals surface area (Å²) in [5, 5.41) is 6.76. The molecular formula is C19H26N4O4S. The van der Waals surface area contributed by atoms with Gasteiger partial charge in [-0.2, -0.15) is 5.10 Å². The van der Waals surface area contributed by atoms with E-state index < -0.39 is 10.0 Å². The van der Waals surface area contributed by atoms with E-state index in [9.17, 15) is 8.42 Å². The minimum atomic E-state index is -3.66. The van der Waals surface area contributed by atoms with Gasteiger partial charge in [0.05, 0.1) is 11.4 Å². The Morgan fingerprint density at radius 1 is 1.18 bits per heavy atom. The van der Waals surface area contributed by atoms with Crippen molar-refractivity contribution >= 4 is 10.0 Å². The third-order valence-electron chi connectivity index (χ3n) is 5.41. The van der Waals surface area contributed by atoms with E-state index in [2.05, 4.69) is 19.8 Å². The second-order valence-corrected chi connectivity index (χ2v) is 9.04. The van der Waals surface area contributed by atoms with E-state index >= 15 is 0 Å². The number of benzene rings is 1. The van der Waals surface area contributed by atoms with Crippen LogP contribution in [0.25, 0.3) is 0 Å². The maximum atomic E-state index is 12.9. The highest BCUT2D eigenvalue weighted by atomic mass is 32.2. The Morgan fingerprint density at radius 3 is 2.64 bits per heavy atom. The first-order chi connectivity index (χ1) is 13.5. The Labute approximate surface area is 165 Å². The van der Waals surface area contributed by atoms with Crippen molar-refractivity contribution in [3.05, 3.63) is 35.2 Å². The van der Waals surface area contributed by atoms with Crippen LogP contribution in [0.1, 0.15) is 42.3 Å². The molecule has 2 aliphatic rings. The number of piperidine rings is 1. The molecule has 0 bridgehead atoms. The first-order valence-corrected chi connectivity index (χ1v) is 11.1. The molecule has 152 valence electrons. The molecule has 0 amide bonds. The lowest BCUT2D eigenvalue weighted by Gasteiger charge is -2.35. The summed E-state index contributed by atoms with van der Waals surface area (Å²) in [4.78, 5) is 2.58. The molecule has 0 saturated carbocycles. The van der Waals surface area contributed by atoms with Crippen LogP contribution in [0.4, 0.5) is 0 Å².